The number of para-hydroxylation sites is 1. The van der Waals surface area contributed by atoms with E-state index < -0.39 is 0 Å². The van der Waals surface area contributed by atoms with Crippen molar-refractivity contribution in [3.63, 3.8) is 0 Å². The fourth-order valence-electron chi connectivity index (χ4n) is 6.53. The quantitative estimate of drug-likeness (QED) is 0.138. The van der Waals surface area contributed by atoms with Gasteiger partial charge in [-0.2, -0.15) is 0 Å². The first-order valence-electron chi connectivity index (χ1n) is 17.1. The maximum absolute atomic E-state index is 6.55. The number of hydrogen-bond acceptors (Lipinski definition) is 2. The van der Waals surface area contributed by atoms with E-state index in [9.17, 15) is 0 Å². The Hall–Kier alpha value is -5.16. The lowest BCUT2D eigenvalue weighted by Crippen LogP contribution is -2.33. The lowest BCUT2D eigenvalue weighted by atomic mass is 9.81. The molecule has 7 rings (SSSR count). The van der Waals surface area contributed by atoms with Crippen LogP contribution in [0.2, 0.25) is 0 Å². The van der Waals surface area contributed by atoms with E-state index in [0.717, 1.165) is 45.1 Å². The summed E-state index contributed by atoms with van der Waals surface area (Å²) in [5.41, 5.74) is 8.17. The molecule has 5 heteroatoms. The molecule has 248 valence electrons. The lowest BCUT2D eigenvalue weighted by Gasteiger charge is -2.27. The van der Waals surface area contributed by atoms with Gasteiger partial charge in [0.25, 0.3) is 6.33 Å². The second-order valence-electron chi connectivity index (χ2n) is 16.2. The van der Waals surface area contributed by atoms with Crippen LogP contribution in [0.4, 0.5) is 0 Å². The van der Waals surface area contributed by atoms with Gasteiger partial charge in [0.2, 0.25) is 0 Å². The standard InChI is InChI=1S/C44H46N4O/c1-42(2,3)30-17-20-37(44(7,8)9)40(25-30)47-24-23-46(29-47)32-13-12-14-33(27-32)49-34-18-19-36-35-15-10-11-16-38(35)48(39(36)28-34)41-26-31(21-22-45-41)43(4,5)6/h10-28H,1-9H3. The van der Waals surface area contributed by atoms with Crippen LogP contribution < -0.4 is 9.30 Å². The number of benzene rings is 4. The van der Waals surface area contributed by atoms with Gasteiger partial charge in [-0.25, -0.2) is 4.98 Å². The molecule has 0 bridgehead atoms. The average molecular weight is 647 g/mol. The molecule has 0 fully saturated rings. The molecule has 0 atom stereocenters. The molecule has 0 aliphatic heterocycles. The van der Waals surface area contributed by atoms with Crippen LogP contribution in [-0.4, -0.2) is 14.1 Å². The number of imidazole rings is 1. The second-order valence-corrected chi connectivity index (χ2v) is 16.2. The van der Waals surface area contributed by atoms with Gasteiger partial charge in [0.15, 0.2) is 0 Å². The van der Waals surface area contributed by atoms with Gasteiger partial charge in [-0.1, -0.05) is 98.7 Å². The van der Waals surface area contributed by atoms with Crippen LogP contribution in [0.3, 0.4) is 0 Å². The Bertz CT molecular complexity index is 2320. The van der Waals surface area contributed by atoms with Crippen LogP contribution in [0.25, 0.3) is 39.0 Å². The van der Waals surface area contributed by atoms with Crippen molar-refractivity contribution in [1.29, 1.82) is 0 Å². The van der Waals surface area contributed by atoms with Crippen molar-refractivity contribution in [3.8, 4) is 28.7 Å². The fraction of sp³-hybridized carbons (Fsp3) is 0.273. The van der Waals surface area contributed by atoms with Crippen LogP contribution >= 0.6 is 0 Å². The van der Waals surface area contributed by atoms with Crippen LogP contribution in [0, 0.1) is 6.33 Å². The minimum atomic E-state index is -0.0132. The third-order valence-electron chi connectivity index (χ3n) is 9.33. The summed E-state index contributed by atoms with van der Waals surface area (Å²) in [7, 11) is 0. The van der Waals surface area contributed by atoms with E-state index >= 15 is 0 Å². The molecule has 0 saturated carbocycles. The first-order chi connectivity index (χ1) is 23.2. The molecule has 0 spiro atoms. The molecule has 4 aromatic carbocycles. The van der Waals surface area contributed by atoms with Gasteiger partial charge >= 0.3 is 0 Å². The molecule has 3 heterocycles. The Kier molecular flexibility index (Phi) is 7.78. The van der Waals surface area contributed by atoms with E-state index in [1.165, 1.54) is 22.1 Å². The minimum absolute atomic E-state index is 0.0114. The average Bonchev–Trinajstić information content (AvgIpc) is 3.67. The molecular weight excluding hydrogens is 601 g/mol. The van der Waals surface area contributed by atoms with Crippen molar-refractivity contribution >= 4 is 21.8 Å². The molecular formula is C44H46N4O. The number of rotatable bonds is 5. The first-order valence-corrected chi connectivity index (χ1v) is 17.1. The monoisotopic (exact) mass is 646 g/mol. The summed E-state index contributed by atoms with van der Waals surface area (Å²) < 4.78 is 12.9. The van der Waals surface area contributed by atoms with Crippen LogP contribution in [-0.2, 0) is 16.2 Å². The molecule has 7 aromatic rings. The minimum Gasteiger partial charge on any atom is -0.458 e. The summed E-state index contributed by atoms with van der Waals surface area (Å²) in [6, 6.07) is 34.2. The first kappa shape index (κ1) is 32.4. The zero-order valence-electron chi connectivity index (χ0n) is 30.2. The fourth-order valence-corrected chi connectivity index (χ4v) is 6.53. The number of pyridine rings is 1. The van der Waals surface area contributed by atoms with Crippen LogP contribution in [0.15, 0.2) is 116 Å². The summed E-state index contributed by atoms with van der Waals surface area (Å²) in [4.78, 5) is 4.83. The van der Waals surface area contributed by atoms with Gasteiger partial charge in [0.05, 0.1) is 22.4 Å². The molecule has 3 aromatic heterocycles. The van der Waals surface area contributed by atoms with Gasteiger partial charge < -0.3 is 4.74 Å². The molecule has 0 unspecified atom stereocenters. The van der Waals surface area contributed by atoms with E-state index in [4.69, 9.17) is 9.72 Å². The van der Waals surface area contributed by atoms with E-state index in [2.05, 4.69) is 175 Å². The van der Waals surface area contributed by atoms with E-state index in [0.29, 0.717) is 0 Å². The van der Waals surface area contributed by atoms with Gasteiger partial charge in [-0.05, 0) is 87.5 Å². The smallest absolute Gasteiger partial charge is 0.268 e. The molecule has 49 heavy (non-hydrogen) atoms. The highest BCUT2D eigenvalue weighted by Gasteiger charge is 2.23. The molecule has 0 amide bonds. The number of aromatic nitrogens is 4. The zero-order valence-corrected chi connectivity index (χ0v) is 30.2. The summed E-state index contributed by atoms with van der Waals surface area (Å²) >= 11 is 0. The number of ether oxygens (including phenoxy) is 1. The lowest BCUT2D eigenvalue weighted by molar-refractivity contribution is -0.600. The van der Waals surface area contributed by atoms with Crippen molar-refractivity contribution in [1.82, 2.24) is 14.1 Å². The number of nitrogens with zero attached hydrogens (tertiary/aromatic N) is 4. The maximum atomic E-state index is 6.55. The van der Waals surface area contributed by atoms with Gasteiger partial charge in [0.1, 0.15) is 17.3 Å². The Balaban J connectivity index is 1.25. The highest BCUT2D eigenvalue weighted by Crippen LogP contribution is 2.36. The molecule has 0 aliphatic rings. The van der Waals surface area contributed by atoms with E-state index in [1.54, 1.807) is 0 Å². The number of hydrogen-bond donors (Lipinski definition) is 0. The predicted octanol–water partition coefficient (Wildman–Crippen LogP) is 10.7. The summed E-state index contributed by atoms with van der Waals surface area (Å²) in [5, 5.41) is 2.35. The molecule has 0 radical (unpaired) electrons. The van der Waals surface area contributed by atoms with Gasteiger partial charge in [-0.15, -0.1) is 0 Å². The molecule has 0 N–H and O–H groups in total. The SMILES string of the molecule is CC(C)(C)c1ccnc(-n2c3ccccc3c3ccc(Oc4cccc(-n5[c-][n+](-c6cc(C(C)(C)C)ccc6C(C)(C)C)cc5)c4)cc32)c1. The van der Waals surface area contributed by atoms with E-state index in [1.807, 2.05) is 22.9 Å². The molecule has 5 nitrogen and oxygen atoms in total. The van der Waals surface area contributed by atoms with Gasteiger partial charge in [-0.3, -0.25) is 13.7 Å². The van der Waals surface area contributed by atoms with E-state index in [-0.39, 0.29) is 16.2 Å². The highest BCUT2D eigenvalue weighted by atomic mass is 16.5. The largest absolute Gasteiger partial charge is 0.458 e. The zero-order chi connectivity index (χ0) is 34.7. The maximum Gasteiger partial charge on any atom is 0.268 e. The summed E-state index contributed by atoms with van der Waals surface area (Å²) in [5.74, 6) is 2.42. The summed E-state index contributed by atoms with van der Waals surface area (Å²) in [6.07, 6.45) is 9.62. The Morgan fingerprint density at radius 2 is 1.35 bits per heavy atom. The highest BCUT2D eigenvalue weighted by molar-refractivity contribution is 6.09. The topological polar surface area (TPSA) is 35.9 Å². The van der Waals surface area contributed by atoms with Crippen molar-refractivity contribution in [3.05, 3.63) is 139 Å². The second kappa shape index (κ2) is 11.8. The normalized spacial score (nSPS) is 12.6. The Morgan fingerprint density at radius 1 is 0.633 bits per heavy atom. The van der Waals surface area contributed by atoms with Crippen molar-refractivity contribution < 1.29 is 9.30 Å². The summed E-state index contributed by atoms with van der Waals surface area (Å²) in [6.45, 7) is 20.3. The van der Waals surface area contributed by atoms with Crippen LogP contribution in [0.1, 0.15) is 79.0 Å². The Morgan fingerprint density at radius 3 is 2.10 bits per heavy atom. The predicted molar refractivity (Wildman–Crippen MR) is 201 cm³/mol. The molecule has 0 saturated heterocycles. The van der Waals surface area contributed by atoms with Crippen molar-refractivity contribution in [2.75, 3.05) is 0 Å². The third kappa shape index (κ3) is 6.26. The van der Waals surface area contributed by atoms with Crippen molar-refractivity contribution in [2.45, 2.75) is 78.6 Å². The van der Waals surface area contributed by atoms with Crippen LogP contribution in [0.5, 0.6) is 11.5 Å². The van der Waals surface area contributed by atoms with Gasteiger partial charge in [0, 0.05) is 35.4 Å². The third-order valence-corrected chi connectivity index (χ3v) is 9.33. The number of fused-ring (bicyclic) bond motifs is 3. The van der Waals surface area contributed by atoms with Crippen molar-refractivity contribution in [2.24, 2.45) is 0 Å². The molecule has 0 aliphatic carbocycles. The Labute approximate surface area is 290 Å².